The number of carbonyl (C=O) groups is 4. The number of β-lactam (4-membered cyclic amide) rings is 1. The molecule has 4 rings (SSSR count). The van der Waals surface area contributed by atoms with Crippen molar-refractivity contribution in [3.05, 3.63) is 95.1 Å². The summed E-state index contributed by atoms with van der Waals surface area (Å²) < 4.78 is 5.30. The zero-order valence-corrected chi connectivity index (χ0v) is 28.5. The topological polar surface area (TPSA) is 128 Å². The average molecular weight is 658 g/mol. The number of esters is 1. The number of anilines is 2. The number of allylic oxidation sites excluding steroid dienone is 3. The number of benzene rings is 2. The van der Waals surface area contributed by atoms with Crippen LogP contribution in [0.5, 0.6) is 0 Å². The van der Waals surface area contributed by atoms with E-state index in [1.807, 2.05) is 43.3 Å². The fraction of sp³-hybridized carbons (Fsp3) is 0.421. The summed E-state index contributed by atoms with van der Waals surface area (Å²) in [4.78, 5) is 56.0. The molecule has 2 aromatic carbocycles. The maximum absolute atomic E-state index is 14.1. The zero-order valence-electron chi connectivity index (χ0n) is 28.5. The maximum atomic E-state index is 14.1. The van der Waals surface area contributed by atoms with Crippen LogP contribution in [0.2, 0.25) is 0 Å². The van der Waals surface area contributed by atoms with E-state index in [-0.39, 0.29) is 44.4 Å². The van der Waals surface area contributed by atoms with E-state index >= 15 is 0 Å². The van der Waals surface area contributed by atoms with Crippen molar-refractivity contribution in [3.8, 4) is 0 Å². The molecule has 2 heterocycles. The van der Waals surface area contributed by atoms with Crippen LogP contribution < -0.4 is 9.80 Å². The van der Waals surface area contributed by atoms with Crippen LogP contribution in [0.3, 0.4) is 0 Å². The molecule has 2 aliphatic rings. The number of nitrogens with zero attached hydrogens (tertiary/aromatic N) is 3. The summed E-state index contributed by atoms with van der Waals surface area (Å²) in [5.74, 6) is -2.22. The second-order valence-electron chi connectivity index (χ2n) is 12.7. The van der Waals surface area contributed by atoms with Gasteiger partial charge in [0.05, 0.1) is 18.7 Å². The van der Waals surface area contributed by atoms with Gasteiger partial charge < -0.3 is 24.7 Å². The quantitative estimate of drug-likeness (QED) is 0.154. The molecule has 0 radical (unpaired) electrons. The highest BCUT2D eigenvalue weighted by Gasteiger charge is 2.53. The predicted octanol–water partition coefficient (Wildman–Crippen LogP) is 5.14. The summed E-state index contributed by atoms with van der Waals surface area (Å²) in [7, 11) is 0. The van der Waals surface area contributed by atoms with Crippen LogP contribution in [0, 0.1) is 5.92 Å². The van der Waals surface area contributed by atoms with Crippen LogP contribution in [0.1, 0.15) is 71.4 Å². The van der Waals surface area contributed by atoms with Crippen LogP contribution >= 0.6 is 0 Å². The first-order valence-electron chi connectivity index (χ1n) is 16.4. The largest absolute Gasteiger partial charge is 0.441 e. The Balaban J connectivity index is 1.60. The molecule has 3 amide bonds. The number of ether oxygens (including phenoxy) is 1. The molecule has 1 saturated heterocycles. The van der Waals surface area contributed by atoms with Crippen molar-refractivity contribution in [1.82, 2.24) is 4.90 Å². The summed E-state index contributed by atoms with van der Waals surface area (Å²) >= 11 is 0. The van der Waals surface area contributed by atoms with E-state index in [1.54, 1.807) is 47.1 Å². The lowest BCUT2D eigenvalue weighted by molar-refractivity contribution is -0.154. The van der Waals surface area contributed by atoms with Crippen LogP contribution in [-0.4, -0.2) is 64.7 Å². The predicted molar refractivity (Wildman–Crippen MR) is 185 cm³/mol. The fourth-order valence-corrected chi connectivity index (χ4v) is 6.05. The lowest BCUT2D eigenvalue weighted by atomic mass is 9.82. The number of hydrogen-bond donors (Lipinski definition) is 2. The number of amides is 3. The van der Waals surface area contributed by atoms with Crippen molar-refractivity contribution in [1.29, 1.82) is 0 Å². The third-order valence-electron chi connectivity index (χ3n) is 8.77. The zero-order chi connectivity index (χ0) is 35.0. The van der Waals surface area contributed by atoms with Gasteiger partial charge in [0.15, 0.2) is 11.8 Å². The summed E-state index contributed by atoms with van der Waals surface area (Å²) in [5.41, 5.74) is 2.55. The molecule has 2 N–H and O–H groups in total. The van der Waals surface area contributed by atoms with Crippen LogP contribution in [0.4, 0.5) is 11.4 Å². The SMILES string of the molecule is CC(=O)OC1CC(=O)N1c1ccc2c(c1)[C@@](O)([C@H](C)/C=C/CC(=O)N(CCO)Cc1ccccc1)C(=O)N2C/C=C(\C)CCC=C(C)C. The molecule has 10 heteroatoms. The van der Waals surface area contributed by atoms with Crippen LogP contribution in [-0.2, 0) is 36.1 Å². The summed E-state index contributed by atoms with van der Waals surface area (Å²) in [6.45, 7) is 9.70. The van der Waals surface area contributed by atoms with E-state index < -0.39 is 29.6 Å². The minimum atomic E-state index is -1.99. The van der Waals surface area contributed by atoms with Gasteiger partial charge in [-0.15, -0.1) is 0 Å². The molecule has 0 bridgehead atoms. The molecule has 48 heavy (non-hydrogen) atoms. The molecule has 0 aromatic heterocycles. The van der Waals surface area contributed by atoms with Gasteiger partial charge in [-0.1, -0.05) is 72.7 Å². The molecule has 2 aliphatic heterocycles. The number of fused-ring (bicyclic) bond motifs is 1. The number of rotatable bonds is 15. The van der Waals surface area contributed by atoms with E-state index in [0.717, 1.165) is 24.0 Å². The Morgan fingerprint density at radius 3 is 2.46 bits per heavy atom. The van der Waals surface area contributed by atoms with Crippen LogP contribution in [0.25, 0.3) is 0 Å². The summed E-state index contributed by atoms with van der Waals surface area (Å²) in [6, 6.07) is 14.5. The Labute approximate surface area is 283 Å². The van der Waals surface area contributed by atoms with Gasteiger partial charge in [0.25, 0.3) is 5.91 Å². The standard InChI is InChI=1S/C38H47N3O7/c1-26(2)11-9-12-27(3)19-20-40-33-18-17-31(41-35(45)24-36(41)48-29(5)43)23-32(33)38(47,37(40)46)28(4)13-10-16-34(44)39(21-22-42)25-30-14-7-6-8-15-30/h6-8,10-11,13-15,17-19,23,28,36,42,47H,9,12,16,20-22,24-25H2,1-5H3/b13-10+,27-19+/t28-,36?,38+/m1/s1. The second-order valence-corrected chi connectivity index (χ2v) is 12.7. The molecule has 3 atom stereocenters. The van der Waals surface area contributed by atoms with Crippen LogP contribution in [0.15, 0.2) is 84.0 Å². The van der Waals surface area contributed by atoms with Crippen molar-refractivity contribution < 1.29 is 34.1 Å². The van der Waals surface area contributed by atoms with Crippen molar-refractivity contribution in [2.45, 2.75) is 78.7 Å². The highest BCUT2D eigenvalue weighted by Crippen LogP contribution is 2.47. The summed E-state index contributed by atoms with van der Waals surface area (Å²) in [6.07, 6.45) is 8.47. The lowest BCUT2D eigenvalue weighted by Gasteiger charge is -2.39. The molecule has 10 nitrogen and oxygen atoms in total. The first-order chi connectivity index (χ1) is 22.9. The minimum Gasteiger partial charge on any atom is -0.441 e. The van der Waals surface area contributed by atoms with Crippen molar-refractivity contribution in [2.75, 3.05) is 29.5 Å². The third kappa shape index (κ3) is 8.29. The van der Waals surface area contributed by atoms with Crippen molar-refractivity contribution in [2.24, 2.45) is 5.92 Å². The number of aliphatic hydroxyl groups is 2. The van der Waals surface area contributed by atoms with Gasteiger partial charge in [0.1, 0.15) is 0 Å². The van der Waals surface area contributed by atoms with Gasteiger partial charge in [0, 0.05) is 50.1 Å². The van der Waals surface area contributed by atoms with Crippen molar-refractivity contribution in [3.63, 3.8) is 0 Å². The fourth-order valence-electron chi connectivity index (χ4n) is 6.05. The van der Waals surface area contributed by atoms with Gasteiger partial charge in [-0.25, -0.2) is 0 Å². The Kier molecular flexibility index (Phi) is 12.1. The molecule has 0 spiro atoms. The van der Waals surface area contributed by atoms with E-state index in [0.29, 0.717) is 23.5 Å². The molecular formula is C38H47N3O7. The highest BCUT2D eigenvalue weighted by molar-refractivity contribution is 6.09. The molecule has 1 fully saturated rings. The van der Waals surface area contributed by atoms with E-state index in [2.05, 4.69) is 19.9 Å². The minimum absolute atomic E-state index is 0.0119. The van der Waals surface area contributed by atoms with Gasteiger partial charge >= 0.3 is 5.97 Å². The number of hydrogen-bond acceptors (Lipinski definition) is 7. The Morgan fingerprint density at radius 1 is 1.08 bits per heavy atom. The van der Waals surface area contributed by atoms with E-state index in [9.17, 15) is 29.4 Å². The first-order valence-corrected chi connectivity index (χ1v) is 16.4. The Bertz CT molecular complexity index is 1590. The highest BCUT2D eigenvalue weighted by atomic mass is 16.6. The normalized spacial score (nSPS) is 19.6. The lowest BCUT2D eigenvalue weighted by Crippen LogP contribution is -2.55. The smallest absolute Gasteiger partial charge is 0.304 e. The van der Waals surface area contributed by atoms with E-state index in [1.165, 1.54) is 17.4 Å². The molecule has 0 saturated carbocycles. The van der Waals surface area contributed by atoms with Gasteiger partial charge in [0.2, 0.25) is 11.8 Å². The number of aliphatic hydroxyl groups excluding tert-OH is 1. The molecular weight excluding hydrogens is 610 g/mol. The Hall–Kier alpha value is -4.54. The first kappa shape index (κ1) is 36.3. The van der Waals surface area contributed by atoms with Gasteiger partial charge in [-0.2, -0.15) is 0 Å². The summed E-state index contributed by atoms with van der Waals surface area (Å²) in [5, 5.41) is 21.8. The second kappa shape index (κ2) is 16.0. The average Bonchev–Trinajstić information content (AvgIpc) is 3.25. The van der Waals surface area contributed by atoms with Crippen molar-refractivity contribution >= 4 is 35.1 Å². The van der Waals surface area contributed by atoms with Gasteiger partial charge in [-0.3, -0.25) is 24.1 Å². The van der Waals surface area contributed by atoms with E-state index in [4.69, 9.17) is 4.74 Å². The maximum Gasteiger partial charge on any atom is 0.304 e. The van der Waals surface area contributed by atoms with Gasteiger partial charge in [-0.05, 0) is 57.4 Å². The molecule has 256 valence electrons. The number of carbonyl (C=O) groups excluding carboxylic acids is 4. The molecule has 0 aliphatic carbocycles. The monoisotopic (exact) mass is 657 g/mol. The molecule has 1 unspecified atom stereocenters. The Morgan fingerprint density at radius 2 is 1.81 bits per heavy atom. The third-order valence-corrected chi connectivity index (χ3v) is 8.77. The molecule has 2 aromatic rings.